The number of pyridine rings is 1. The van der Waals surface area contributed by atoms with Gasteiger partial charge in [0.1, 0.15) is 5.60 Å². The zero-order chi connectivity index (χ0) is 14.3. The first kappa shape index (κ1) is 13.9. The maximum absolute atomic E-state index is 11.5. The molecule has 1 aromatic heterocycles. The highest BCUT2D eigenvalue weighted by atomic mass is 35.5. The van der Waals surface area contributed by atoms with Crippen molar-refractivity contribution in [3.63, 3.8) is 0 Å². The lowest BCUT2D eigenvalue weighted by molar-refractivity contribution is 0.0627. The minimum absolute atomic E-state index is 0.244. The number of likely N-dealkylation sites (tertiary alicyclic amines) is 1. The molecule has 2 aliphatic heterocycles. The summed E-state index contributed by atoms with van der Waals surface area (Å²) in [7, 11) is 1.76. The minimum atomic E-state index is -0.377. The maximum Gasteiger partial charge on any atom is 0.410 e. The molecule has 0 N–H and O–H groups in total. The van der Waals surface area contributed by atoms with Gasteiger partial charge in [-0.05, 0) is 0 Å². The fourth-order valence-corrected chi connectivity index (χ4v) is 3.36. The van der Waals surface area contributed by atoms with Crippen molar-refractivity contribution in [2.45, 2.75) is 18.6 Å². The third-order valence-corrected chi connectivity index (χ3v) is 4.52. The van der Waals surface area contributed by atoms with Gasteiger partial charge in [0.05, 0.1) is 16.6 Å². The molecule has 3 heterocycles. The second-order valence-electron chi connectivity index (χ2n) is 5.45. The Hall–Kier alpha value is -1.04. The van der Waals surface area contributed by atoms with Gasteiger partial charge >= 0.3 is 6.09 Å². The fourth-order valence-electron chi connectivity index (χ4n) is 2.88. The van der Waals surface area contributed by atoms with E-state index in [2.05, 4.69) is 9.88 Å². The van der Waals surface area contributed by atoms with Gasteiger partial charge in [-0.1, -0.05) is 23.2 Å². The molecule has 0 aliphatic carbocycles. The van der Waals surface area contributed by atoms with Gasteiger partial charge in [-0.3, -0.25) is 9.88 Å². The first-order valence-electron chi connectivity index (χ1n) is 6.43. The van der Waals surface area contributed by atoms with E-state index in [-0.39, 0.29) is 11.7 Å². The van der Waals surface area contributed by atoms with Gasteiger partial charge in [-0.2, -0.15) is 0 Å². The first-order valence-corrected chi connectivity index (χ1v) is 7.19. The number of amides is 1. The third kappa shape index (κ3) is 2.45. The minimum Gasteiger partial charge on any atom is -0.439 e. The Kier molecular flexibility index (Phi) is 3.52. The third-order valence-electron chi connectivity index (χ3n) is 3.87. The highest BCUT2D eigenvalue weighted by Gasteiger charge is 2.48. The second-order valence-corrected chi connectivity index (χ2v) is 6.26. The Balaban J connectivity index is 1.71. The zero-order valence-electron chi connectivity index (χ0n) is 11.1. The lowest BCUT2D eigenvalue weighted by Gasteiger charge is -2.22. The van der Waals surface area contributed by atoms with Crippen molar-refractivity contribution >= 4 is 29.3 Å². The van der Waals surface area contributed by atoms with Crippen LogP contribution in [0.1, 0.15) is 12.0 Å². The van der Waals surface area contributed by atoms with E-state index in [0.29, 0.717) is 29.7 Å². The molecule has 1 amide bonds. The molecule has 2 saturated heterocycles. The summed E-state index contributed by atoms with van der Waals surface area (Å²) >= 11 is 12.3. The molecular weight excluding hydrogens is 301 g/mol. The molecule has 7 heteroatoms. The number of aromatic nitrogens is 1. The van der Waals surface area contributed by atoms with E-state index in [9.17, 15) is 4.79 Å². The van der Waals surface area contributed by atoms with Crippen molar-refractivity contribution in [3.8, 4) is 0 Å². The van der Waals surface area contributed by atoms with Crippen LogP contribution in [0, 0.1) is 0 Å². The molecule has 2 aliphatic rings. The van der Waals surface area contributed by atoms with Crippen LogP contribution in [0.2, 0.25) is 10.0 Å². The van der Waals surface area contributed by atoms with E-state index in [1.165, 1.54) is 0 Å². The lowest BCUT2D eigenvalue weighted by Crippen LogP contribution is -2.37. The molecule has 1 unspecified atom stereocenters. The molecule has 0 radical (unpaired) electrons. The summed E-state index contributed by atoms with van der Waals surface area (Å²) in [4.78, 5) is 19.3. The van der Waals surface area contributed by atoms with Gasteiger partial charge in [0, 0.05) is 51.1 Å². The fraction of sp³-hybridized carbons (Fsp3) is 0.538. The topological polar surface area (TPSA) is 45.7 Å². The molecular formula is C13H15Cl2N3O2. The Bertz CT molecular complexity index is 534. The first-order chi connectivity index (χ1) is 9.49. The van der Waals surface area contributed by atoms with Crippen molar-refractivity contribution < 1.29 is 9.53 Å². The Morgan fingerprint density at radius 2 is 2.05 bits per heavy atom. The predicted octanol–water partition coefficient (Wildman–Crippen LogP) is 2.41. The summed E-state index contributed by atoms with van der Waals surface area (Å²) < 4.78 is 5.52. The number of hydrogen-bond acceptors (Lipinski definition) is 4. The number of rotatable bonds is 2. The zero-order valence-corrected chi connectivity index (χ0v) is 12.6. The summed E-state index contributed by atoms with van der Waals surface area (Å²) in [6.45, 7) is 2.84. The summed E-state index contributed by atoms with van der Waals surface area (Å²) in [5.41, 5.74) is 0.496. The van der Waals surface area contributed by atoms with Crippen LogP contribution in [0.4, 0.5) is 4.79 Å². The number of halogens is 2. The summed E-state index contributed by atoms with van der Waals surface area (Å²) in [6, 6.07) is 0. The molecule has 2 fully saturated rings. The number of carbonyl (C=O) groups excluding carboxylic acids is 1. The smallest absolute Gasteiger partial charge is 0.410 e. The van der Waals surface area contributed by atoms with Gasteiger partial charge < -0.3 is 9.64 Å². The predicted molar refractivity (Wildman–Crippen MR) is 76.0 cm³/mol. The van der Waals surface area contributed by atoms with E-state index < -0.39 is 0 Å². The average molecular weight is 316 g/mol. The number of likely N-dealkylation sites (N-methyl/N-ethyl adjacent to an activating group) is 1. The van der Waals surface area contributed by atoms with E-state index in [0.717, 1.165) is 18.5 Å². The molecule has 0 bridgehead atoms. The Morgan fingerprint density at radius 3 is 2.65 bits per heavy atom. The second kappa shape index (κ2) is 5.06. The van der Waals surface area contributed by atoms with Crippen LogP contribution in [0.25, 0.3) is 0 Å². The van der Waals surface area contributed by atoms with Crippen molar-refractivity contribution in [2.24, 2.45) is 0 Å². The van der Waals surface area contributed by atoms with Gasteiger partial charge in [0.25, 0.3) is 0 Å². The van der Waals surface area contributed by atoms with Crippen molar-refractivity contribution in [1.29, 1.82) is 0 Å². The van der Waals surface area contributed by atoms with Crippen LogP contribution in [0.5, 0.6) is 0 Å². The van der Waals surface area contributed by atoms with E-state index in [1.54, 1.807) is 24.3 Å². The Morgan fingerprint density at radius 1 is 1.35 bits per heavy atom. The monoisotopic (exact) mass is 315 g/mol. The largest absolute Gasteiger partial charge is 0.439 e. The van der Waals surface area contributed by atoms with Crippen molar-refractivity contribution in [1.82, 2.24) is 14.8 Å². The van der Waals surface area contributed by atoms with Crippen LogP contribution >= 0.6 is 23.2 Å². The molecule has 1 aromatic rings. The molecule has 1 spiro atoms. The van der Waals surface area contributed by atoms with Gasteiger partial charge in [0.2, 0.25) is 0 Å². The number of nitrogens with zero attached hydrogens (tertiary/aromatic N) is 3. The van der Waals surface area contributed by atoms with E-state index in [1.807, 2.05) is 0 Å². The average Bonchev–Trinajstić information content (AvgIpc) is 2.89. The summed E-state index contributed by atoms with van der Waals surface area (Å²) in [5, 5.41) is 1.14. The summed E-state index contributed by atoms with van der Waals surface area (Å²) in [5.74, 6) is 0. The maximum atomic E-state index is 11.5. The van der Waals surface area contributed by atoms with Gasteiger partial charge in [-0.25, -0.2) is 4.79 Å². The van der Waals surface area contributed by atoms with E-state index in [4.69, 9.17) is 27.9 Å². The molecule has 20 heavy (non-hydrogen) atoms. The lowest BCUT2D eigenvalue weighted by atomic mass is 10.0. The molecule has 108 valence electrons. The quantitative estimate of drug-likeness (QED) is 0.840. The van der Waals surface area contributed by atoms with Crippen LogP contribution < -0.4 is 0 Å². The highest BCUT2D eigenvalue weighted by molar-refractivity contribution is 6.35. The molecule has 0 aromatic carbocycles. The van der Waals surface area contributed by atoms with Crippen molar-refractivity contribution in [3.05, 3.63) is 28.0 Å². The van der Waals surface area contributed by atoms with Gasteiger partial charge in [-0.15, -0.1) is 0 Å². The molecule has 3 rings (SSSR count). The Labute approximate surface area is 127 Å². The number of carbonyl (C=O) groups is 1. The SMILES string of the molecule is CN1CC2(CCN(Cc3c(Cl)cncc3Cl)C2)OC1=O. The number of hydrogen-bond donors (Lipinski definition) is 0. The van der Waals surface area contributed by atoms with Crippen LogP contribution in [-0.2, 0) is 11.3 Å². The molecule has 1 atom stereocenters. The van der Waals surface area contributed by atoms with Crippen LogP contribution in [-0.4, -0.2) is 53.2 Å². The van der Waals surface area contributed by atoms with Crippen molar-refractivity contribution in [2.75, 3.05) is 26.7 Å². The number of ether oxygens (including phenoxy) is 1. The van der Waals surface area contributed by atoms with Crippen LogP contribution in [0.15, 0.2) is 12.4 Å². The van der Waals surface area contributed by atoms with Crippen LogP contribution in [0.3, 0.4) is 0 Å². The molecule has 0 saturated carbocycles. The highest BCUT2D eigenvalue weighted by Crippen LogP contribution is 2.34. The standard InChI is InChI=1S/C13H15Cl2N3O2/c1-17-7-13(20-12(17)19)2-3-18(8-13)6-9-10(14)4-16-5-11(9)15/h4-5H,2-3,6-8H2,1H3. The molecule has 5 nitrogen and oxygen atoms in total. The van der Waals surface area contributed by atoms with E-state index >= 15 is 0 Å². The van der Waals surface area contributed by atoms with Gasteiger partial charge in [0.15, 0.2) is 0 Å². The normalized spacial score (nSPS) is 26.6. The summed E-state index contributed by atoms with van der Waals surface area (Å²) in [6.07, 6.45) is 3.78.